The number of nitrogen functional groups attached to an aromatic ring is 1. The molecule has 0 atom stereocenters. The number of amides is 1. The lowest BCUT2D eigenvalue weighted by Crippen LogP contribution is -2.15. The van der Waals surface area contributed by atoms with Crippen LogP contribution in [-0.2, 0) is 0 Å². The van der Waals surface area contributed by atoms with Crippen LogP contribution in [0, 0.1) is 11.3 Å². The summed E-state index contributed by atoms with van der Waals surface area (Å²) in [6, 6.07) is 9.63. The van der Waals surface area contributed by atoms with Crippen LogP contribution in [0.3, 0.4) is 0 Å². The number of carbonyl (C=O) groups excluding carboxylic acids is 1. The molecule has 0 aliphatic heterocycles. The first kappa shape index (κ1) is 13.3. The minimum Gasteiger partial charge on any atom is -0.495 e. The first-order chi connectivity index (χ1) is 9.63. The smallest absolute Gasteiger partial charge is 0.276 e. The predicted octanol–water partition coefficient (Wildman–Crippen LogP) is 1.19. The Bertz CT molecular complexity index is 676. The standard InChI is InChI=1S/C13H11N5O2/c1-20-11-6-8(7-14)2-3-9(11)16-13(19)10-4-5-12(15)18-17-10/h2-6H,1H3,(H2,15,18)(H,16,19). The molecule has 0 aliphatic carbocycles. The Morgan fingerprint density at radius 3 is 2.75 bits per heavy atom. The molecular weight excluding hydrogens is 258 g/mol. The highest BCUT2D eigenvalue weighted by Crippen LogP contribution is 2.25. The first-order valence-electron chi connectivity index (χ1n) is 5.62. The molecule has 0 fully saturated rings. The zero-order chi connectivity index (χ0) is 14.5. The second-order valence-electron chi connectivity index (χ2n) is 3.82. The molecule has 0 spiro atoms. The number of nitrogens with zero attached hydrogens (tertiary/aromatic N) is 3. The van der Waals surface area contributed by atoms with Crippen LogP contribution in [0.25, 0.3) is 0 Å². The summed E-state index contributed by atoms with van der Waals surface area (Å²) in [5.74, 6) is 0.179. The van der Waals surface area contributed by atoms with Gasteiger partial charge in [-0.15, -0.1) is 10.2 Å². The number of nitrogens with one attached hydrogen (secondary N) is 1. The van der Waals surface area contributed by atoms with Crippen LogP contribution < -0.4 is 15.8 Å². The number of hydrogen-bond donors (Lipinski definition) is 2. The number of nitrogens with two attached hydrogens (primary N) is 1. The molecule has 1 heterocycles. The molecule has 7 nitrogen and oxygen atoms in total. The first-order valence-corrected chi connectivity index (χ1v) is 5.62. The van der Waals surface area contributed by atoms with Crippen molar-refractivity contribution in [2.24, 2.45) is 0 Å². The number of hydrogen-bond acceptors (Lipinski definition) is 6. The second-order valence-corrected chi connectivity index (χ2v) is 3.82. The van der Waals surface area contributed by atoms with Crippen molar-refractivity contribution in [2.75, 3.05) is 18.2 Å². The molecule has 0 saturated carbocycles. The van der Waals surface area contributed by atoms with Gasteiger partial charge in [0.15, 0.2) is 5.69 Å². The fraction of sp³-hybridized carbons (Fsp3) is 0.0769. The van der Waals surface area contributed by atoms with Crippen LogP contribution in [0.5, 0.6) is 5.75 Å². The third-order valence-electron chi connectivity index (χ3n) is 2.50. The van der Waals surface area contributed by atoms with Crippen LogP contribution in [0.4, 0.5) is 11.5 Å². The number of benzene rings is 1. The molecule has 0 saturated heterocycles. The van der Waals surface area contributed by atoms with Crippen molar-refractivity contribution in [3.8, 4) is 11.8 Å². The number of methoxy groups -OCH3 is 1. The lowest BCUT2D eigenvalue weighted by Gasteiger charge is -2.09. The van der Waals surface area contributed by atoms with Gasteiger partial charge in [-0.3, -0.25) is 4.79 Å². The van der Waals surface area contributed by atoms with Crippen LogP contribution in [0.15, 0.2) is 30.3 Å². The van der Waals surface area contributed by atoms with E-state index in [0.29, 0.717) is 17.0 Å². The lowest BCUT2D eigenvalue weighted by molar-refractivity contribution is 0.102. The highest BCUT2D eigenvalue weighted by atomic mass is 16.5. The third-order valence-corrected chi connectivity index (χ3v) is 2.50. The van der Waals surface area contributed by atoms with Crippen molar-refractivity contribution in [3.05, 3.63) is 41.6 Å². The fourth-order valence-corrected chi connectivity index (χ4v) is 1.51. The van der Waals surface area contributed by atoms with E-state index in [0.717, 1.165) is 0 Å². The highest BCUT2D eigenvalue weighted by molar-refractivity contribution is 6.03. The van der Waals surface area contributed by atoms with Crippen molar-refractivity contribution in [2.45, 2.75) is 0 Å². The summed E-state index contributed by atoms with van der Waals surface area (Å²) < 4.78 is 5.12. The van der Waals surface area contributed by atoms with Gasteiger partial charge >= 0.3 is 0 Å². The van der Waals surface area contributed by atoms with Gasteiger partial charge in [0.2, 0.25) is 0 Å². The molecule has 1 amide bonds. The molecule has 0 radical (unpaired) electrons. The Balaban J connectivity index is 2.23. The summed E-state index contributed by atoms with van der Waals surface area (Å²) in [4.78, 5) is 12.0. The summed E-state index contributed by atoms with van der Waals surface area (Å²) >= 11 is 0. The van der Waals surface area contributed by atoms with Gasteiger partial charge in [0.05, 0.1) is 24.4 Å². The van der Waals surface area contributed by atoms with E-state index in [9.17, 15) is 4.79 Å². The second kappa shape index (κ2) is 5.67. The molecule has 0 unspecified atom stereocenters. The molecule has 20 heavy (non-hydrogen) atoms. The number of rotatable bonds is 3. The van der Waals surface area contributed by atoms with Crippen LogP contribution in [0.2, 0.25) is 0 Å². The van der Waals surface area contributed by atoms with Gasteiger partial charge in [-0.25, -0.2) is 0 Å². The normalized spacial score (nSPS) is 9.60. The van der Waals surface area contributed by atoms with E-state index in [1.807, 2.05) is 6.07 Å². The van der Waals surface area contributed by atoms with Gasteiger partial charge in [-0.1, -0.05) is 0 Å². The van der Waals surface area contributed by atoms with Crippen LogP contribution >= 0.6 is 0 Å². The maximum absolute atomic E-state index is 12.0. The molecule has 1 aromatic carbocycles. The van der Waals surface area contributed by atoms with E-state index in [1.54, 1.807) is 12.1 Å². The van der Waals surface area contributed by atoms with E-state index in [2.05, 4.69) is 15.5 Å². The molecule has 0 bridgehead atoms. The van der Waals surface area contributed by atoms with E-state index in [4.69, 9.17) is 15.7 Å². The monoisotopic (exact) mass is 269 g/mol. The zero-order valence-electron chi connectivity index (χ0n) is 10.6. The fourth-order valence-electron chi connectivity index (χ4n) is 1.51. The van der Waals surface area contributed by atoms with Crippen LogP contribution in [0.1, 0.15) is 16.1 Å². The summed E-state index contributed by atoms with van der Waals surface area (Å²) in [6.07, 6.45) is 0. The topological polar surface area (TPSA) is 114 Å². The van der Waals surface area contributed by atoms with Crippen molar-refractivity contribution in [3.63, 3.8) is 0 Å². The Labute approximate surface area is 115 Å². The van der Waals surface area contributed by atoms with E-state index < -0.39 is 5.91 Å². The minimum atomic E-state index is -0.444. The number of carbonyl (C=O) groups is 1. The molecule has 2 aromatic rings. The largest absolute Gasteiger partial charge is 0.495 e. The van der Waals surface area contributed by atoms with Gasteiger partial charge in [-0.2, -0.15) is 5.26 Å². The van der Waals surface area contributed by atoms with E-state index in [-0.39, 0.29) is 11.5 Å². The minimum absolute atomic E-state index is 0.130. The Morgan fingerprint density at radius 1 is 1.35 bits per heavy atom. The maximum atomic E-state index is 12.0. The average molecular weight is 269 g/mol. The zero-order valence-corrected chi connectivity index (χ0v) is 10.6. The van der Waals surface area contributed by atoms with Crippen molar-refractivity contribution in [1.29, 1.82) is 5.26 Å². The predicted molar refractivity (Wildman–Crippen MR) is 72.1 cm³/mol. The van der Waals surface area contributed by atoms with Gasteiger partial charge in [0.1, 0.15) is 11.6 Å². The molecule has 0 aliphatic rings. The molecule has 1 aromatic heterocycles. The van der Waals surface area contributed by atoms with E-state index >= 15 is 0 Å². The Hall–Kier alpha value is -3.14. The summed E-state index contributed by atoms with van der Waals surface area (Å²) in [5, 5.41) is 18.7. The number of ether oxygens (including phenoxy) is 1. The maximum Gasteiger partial charge on any atom is 0.276 e. The summed E-state index contributed by atoms with van der Waals surface area (Å²) in [6.45, 7) is 0. The average Bonchev–Trinajstić information content (AvgIpc) is 2.48. The van der Waals surface area contributed by atoms with Crippen molar-refractivity contribution >= 4 is 17.4 Å². The quantitative estimate of drug-likeness (QED) is 0.865. The van der Waals surface area contributed by atoms with E-state index in [1.165, 1.54) is 25.3 Å². The van der Waals surface area contributed by atoms with Crippen LogP contribution in [-0.4, -0.2) is 23.2 Å². The molecular formula is C13H11N5O2. The van der Waals surface area contributed by atoms with Gasteiger partial charge < -0.3 is 15.8 Å². The summed E-state index contributed by atoms with van der Waals surface area (Å²) in [7, 11) is 1.45. The highest BCUT2D eigenvalue weighted by Gasteiger charge is 2.12. The van der Waals surface area contributed by atoms with Gasteiger partial charge in [0, 0.05) is 6.07 Å². The summed E-state index contributed by atoms with van der Waals surface area (Å²) in [5.41, 5.74) is 6.41. The van der Waals surface area contributed by atoms with Gasteiger partial charge in [-0.05, 0) is 24.3 Å². The number of anilines is 2. The lowest BCUT2D eigenvalue weighted by atomic mass is 10.2. The third kappa shape index (κ3) is 2.81. The van der Waals surface area contributed by atoms with Crippen molar-refractivity contribution < 1.29 is 9.53 Å². The van der Waals surface area contributed by atoms with Crippen molar-refractivity contribution in [1.82, 2.24) is 10.2 Å². The number of nitriles is 1. The molecule has 3 N–H and O–H groups in total. The van der Waals surface area contributed by atoms with Gasteiger partial charge in [0.25, 0.3) is 5.91 Å². The molecule has 7 heteroatoms. The number of aromatic nitrogens is 2. The Kier molecular flexibility index (Phi) is 3.77. The molecule has 100 valence electrons. The molecule has 2 rings (SSSR count). The Morgan fingerprint density at radius 2 is 2.15 bits per heavy atom. The SMILES string of the molecule is COc1cc(C#N)ccc1NC(=O)c1ccc(N)nn1.